The van der Waals surface area contributed by atoms with Crippen LogP contribution in [0.5, 0.6) is 0 Å². The van der Waals surface area contributed by atoms with Crippen molar-refractivity contribution in [1.82, 2.24) is 10.6 Å². The van der Waals surface area contributed by atoms with Gasteiger partial charge in [0, 0.05) is 24.9 Å². The van der Waals surface area contributed by atoms with Crippen LogP contribution < -0.4 is 26.6 Å². The second-order valence-electron chi connectivity index (χ2n) is 10.7. The van der Waals surface area contributed by atoms with Crippen LogP contribution in [-0.2, 0) is 22.3 Å². The molecule has 4 rings (SSSR count). The molecule has 15 nitrogen and oxygen atoms in total. The molecule has 0 spiro atoms. The number of urea groups is 1. The number of carbonyl (C=O) groups is 2. The molecule has 3 aromatic carbocycles. The Kier molecular flexibility index (Phi) is 12.1. The van der Waals surface area contributed by atoms with Gasteiger partial charge in [0.2, 0.25) is 0 Å². The van der Waals surface area contributed by atoms with Gasteiger partial charge in [-0.2, -0.15) is 5.11 Å². The van der Waals surface area contributed by atoms with E-state index in [4.69, 9.17) is 16.0 Å². The number of anilines is 2. The minimum Gasteiger partial charge on any atom is -0.224 e. The summed E-state index contributed by atoms with van der Waals surface area (Å²) in [6, 6.07) is 17.1. The maximum atomic E-state index is 15.2. The fraction of sp³-hybridized carbons (Fsp3) is 0.241. The van der Waals surface area contributed by atoms with E-state index in [1.807, 2.05) is 12.1 Å². The predicted molar refractivity (Wildman–Crippen MR) is 176 cm³/mol. The molecule has 1 aliphatic rings. The Morgan fingerprint density at radius 3 is 2.43 bits per heavy atom. The smallest absolute Gasteiger partial charge is 0.224 e. The number of hydrogen-bond donors (Lipinski definition) is 9. The van der Waals surface area contributed by atoms with Gasteiger partial charge in [-0.1, -0.05) is 24.3 Å². The van der Waals surface area contributed by atoms with Crippen LogP contribution in [0.3, 0.4) is 0 Å². The first-order valence-corrected chi connectivity index (χ1v) is 17.6. The number of rotatable bonds is 14. The Morgan fingerprint density at radius 1 is 1.15 bits per heavy atom. The van der Waals surface area contributed by atoms with Gasteiger partial charge in [0.25, 0.3) is 0 Å². The van der Waals surface area contributed by atoms with Crippen LogP contribution in [-0.4, -0.2) is 62.8 Å². The molecule has 0 radical (unpaired) electrons. The number of ether oxygens (including phenoxy) is 1. The molecular formula is C29H36FN7O8P2. The Hall–Kier alpha value is -4.27. The van der Waals surface area contributed by atoms with Gasteiger partial charge >= 0.3 is 139 Å². The summed E-state index contributed by atoms with van der Waals surface area (Å²) in [5.74, 6) is -0.533. The van der Waals surface area contributed by atoms with Gasteiger partial charge in [0.05, 0.1) is 11.4 Å². The first kappa shape index (κ1) is 35.6. The number of nitrogens with zero attached hydrogens (tertiary/aromatic N) is 2. The van der Waals surface area contributed by atoms with E-state index in [9.17, 15) is 33.7 Å². The summed E-state index contributed by atoms with van der Waals surface area (Å²) in [6.07, 6.45) is -0.373. The average molecular weight is 692 g/mol. The first-order valence-electron chi connectivity index (χ1n) is 14.3. The van der Waals surface area contributed by atoms with Gasteiger partial charge in [0.1, 0.15) is 5.82 Å². The second kappa shape index (κ2) is 16.0. The second-order valence-corrected chi connectivity index (χ2v) is 14.7. The van der Waals surface area contributed by atoms with E-state index >= 15 is 4.39 Å². The number of amides is 3. The third-order valence-corrected chi connectivity index (χ3v) is 11.1. The van der Waals surface area contributed by atoms with E-state index in [1.165, 1.54) is 41.4 Å². The summed E-state index contributed by atoms with van der Waals surface area (Å²) in [7, 11) is -8.23. The van der Waals surface area contributed by atoms with Crippen LogP contribution in [0.15, 0.2) is 83.7 Å². The van der Waals surface area contributed by atoms with Crippen molar-refractivity contribution in [2.24, 2.45) is 10.8 Å². The van der Waals surface area contributed by atoms with Crippen LogP contribution in [0.2, 0.25) is 0 Å². The number of nitrogens with two attached hydrogens (primary N) is 1. The van der Waals surface area contributed by atoms with Crippen molar-refractivity contribution in [3.63, 3.8) is 0 Å². The third-order valence-electron chi connectivity index (χ3n) is 7.28. The molecule has 47 heavy (non-hydrogen) atoms. The number of cyclic esters (lactones) is 1. The van der Waals surface area contributed by atoms with Gasteiger partial charge in [-0.15, -0.1) is 0 Å². The van der Waals surface area contributed by atoms with Gasteiger partial charge in [0.15, 0.2) is 0 Å². The molecule has 1 saturated heterocycles. The standard InChI is InChI=1S/C29H36FN7O8P2/c30-26-12-23(9-10-25(26)20-5-1-19(2-6-20)14-33-15-22(13-31)36-32)37-17-24(45-29(37)39)16-34-28(38)35-21-7-3-18(4-8-21)11-27(46(40)41)47(42,43)44/h1-10,12-13,24,27,32-33,42-44,46-47H,11,14-17,31H2,(H,40,41)(H2,34,35,38)/b22-13-,36-32?/t24-,27?/m0/s1. The summed E-state index contributed by atoms with van der Waals surface area (Å²) in [6.45, 7) is 0.882. The minimum absolute atomic E-state index is 0.0295. The Balaban J connectivity index is 1.27. The summed E-state index contributed by atoms with van der Waals surface area (Å²) in [5, 5.41) is 10.0. The molecule has 3 aromatic rings. The van der Waals surface area contributed by atoms with Gasteiger partial charge < -0.3 is 11.1 Å². The van der Waals surface area contributed by atoms with Crippen molar-refractivity contribution in [3.8, 4) is 11.1 Å². The van der Waals surface area contributed by atoms with E-state index in [0.29, 0.717) is 46.9 Å². The van der Waals surface area contributed by atoms with E-state index < -0.39 is 45.4 Å². The molecule has 1 aliphatic heterocycles. The zero-order valence-electron chi connectivity index (χ0n) is 24.9. The predicted octanol–water partition coefficient (Wildman–Crippen LogP) is 3.37. The number of nitrogens with one attached hydrogen (secondary N) is 4. The van der Waals surface area contributed by atoms with Crippen molar-refractivity contribution in [1.29, 1.82) is 5.53 Å². The zero-order chi connectivity index (χ0) is 34.1. The van der Waals surface area contributed by atoms with Gasteiger partial charge in [-0.3, -0.25) is 4.90 Å². The first-order chi connectivity index (χ1) is 22.4. The fourth-order valence-corrected chi connectivity index (χ4v) is 6.99. The van der Waals surface area contributed by atoms with Crippen molar-refractivity contribution >= 4 is 39.5 Å². The summed E-state index contributed by atoms with van der Waals surface area (Å²) < 4.78 is 31.9. The van der Waals surface area contributed by atoms with Crippen molar-refractivity contribution < 1.29 is 42.9 Å². The molecule has 0 saturated carbocycles. The molecule has 10 N–H and O–H groups in total. The quantitative estimate of drug-likeness (QED) is 0.0882. The van der Waals surface area contributed by atoms with E-state index in [2.05, 4.69) is 21.1 Å². The number of carbonyl (C=O) groups excluding carboxylic acids is 2. The van der Waals surface area contributed by atoms with Crippen LogP contribution >= 0.6 is 16.0 Å². The maximum absolute atomic E-state index is 15.2. The molecule has 1 heterocycles. The SMILES string of the molecule is N=N/C(=C\N)CNCc1ccc(-c2ccc(N3C[C@H](CNC(=O)Nc4ccc(CC([PH](=O)O)[PH](O)(O)O)cc4)OC3=O)cc2F)cc1. The van der Waals surface area contributed by atoms with E-state index in [1.54, 1.807) is 24.3 Å². The number of halogens is 1. The number of hydrogen-bond acceptors (Lipinski definition) is 11. The van der Waals surface area contributed by atoms with E-state index in [-0.39, 0.29) is 19.5 Å². The summed E-state index contributed by atoms with van der Waals surface area (Å²) >= 11 is 0. The van der Waals surface area contributed by atoms with Crippen LogP contribution in [0.25, 0.3) is 11.1 Å². The Labute approximate surface area is 270 Å². The Bertz CT molecular complexity index is 1640. The number of benzene rings is 3. The molecule has 3 amide bonds. The fourth-order valence-electron chi connectivity index (χ4n) is 4.75. The normalized spacial score (nSPS) is 16.7. The topological polar surface area (TPSA) is 243 Å². The van der Waals surface area contributed by atoms with Crippen LogP contribution in [0.4, 0.5) is 25.4 Å². The minimum atomic E-state index is -4.82. The monoisotopic (exact) mass is 691 g/mol. The molecule has 0 bridgehead atoms. The van der Waals surface area contributed by atoms with E-state index in [0.717, 1.165) is 5.56 Å². The van der Waals surface area contributed by atoms with Crippen molar-refractivity contribution in [3.05, 3.63) is 95.6 Å². The van der Waals surface area contributed by atoms with Crippen molar-refractivity contribution in [2.75, 3.05) is 29.9 Å². The molecule has 0 aliphatic carbocycles. The van der Waals surface area contributed by atoms with Gasteiger partial charge in [-0.25, -0.2) is 14.7 Å². The van der Waals surface area contributed by atoms with Crippen molar-refractivity contribution in [2.45, 2.75) is 24.5 Å². The summed E-state index contributed by atoms with van der Waals surface area (Å²) in [4.78, 5) is 63.9. The average Bonchev–Trinajstić information content (AvgIpc) is 3.41. The van der Waals surface area contributed by atoms with Gasteiger partial charge in [-0.05, 0) is 29.3 Å². The molecular weight excluding hydrogens is 655 g/mol. The molecule has 1 fully saturated rings. The zero-order valence-corrected chi connectivity index (χ0v) is 26.9. The van der Waals surface area contributed by atoms with Crippen LogP contribution in [0.1, 0.15) is 11.1 Å². The van der Waals surface area contributed by atoms with Crippen LogP contribution in [0, 0.1) is 11.3 Å². The molecule has 3 atom stereocenters. The summed E-state index contributed by atoms with van der Waals surface area (Å²) in [5.41, 5.74) is 15.8. The molecule has 2 unspecified atom stereocenters. The third kappa shape index (κ3) is 9.86. The molecule has 252 valence electrons. The Morgan fingerprint density at radius 2 is 1.83 bits per heavy atom. The molecule has 0 aromatic heterocycles. The molecule has 18 heteroatoms.